The lowest BCUT2D eigenvalue weighted by atomic mass is 9.96. The third-order valence-electron chi connectivity index (χ3n) is 9.65. The molecule has 3 nitrogen and oxygen atoms in total. The quantitative estimate of drug-likeness (QED) is 0.196. The van der Waals surface area contributed by atoms with Gasteiger partial charge < -0.3 is 4.42 Å². The summed E-state index contributed by atoms with van der Waals surface area (Å²) in [6.45, 7) is 0. The van der Waals surface area contributed by atoms with Crippen LogP contribution in [-0.2, 0) is 0 Å². The monoisotopic (exact) mass is 624 g/mol. The topological polar surface area (TPSA) is 38.9 Å². The third kappa shape index (κ3) is 4.59. The molecule has 0 N–H and O–H groups in total. The maximum Gasteiger partial charge on any atom is 0.161 e. The molecule has 10 aromatic rings. The minimum Gasteiger partial charge on any atom is -0.455 e. The smallest absolute Gasteiger partial charge is 0.161 e. The van der Waals surface area contributed by atoms with Crippen LogP contribution >= 0.6 is 0 Å². The standard InChI is InChI=1S/C46H28N2O/c1-2-11-32(12-3-1)44-38-16-8-9-17-41(38)47-46(48-44)40-28-36-14-6-7-15-37(36)45-43(40)39-27-35(24-25-42(39)49-45)31-20-18-30(19-21-31)34-23-22-29-10-4-5-13-33(29)26-34/h1-28H. The normalized spacial score (nSPS) is 11.7. The summed E-state index contributed by atoms with van der Waals surface area (Å²) in [7, 11) is 0. The molecule has 8 aromatic carbocycles. The van der Waals surface area contributed by atoms with E-state index >= 15 is 0 Å². The number of furan rings is 1. The van der Waals surface area contributed by atoms with Gasteiger partial charge in [0.15, 0.2) is 5.82 Å². The van der Waals surface area contributed by atoms with Gasteiger partial charge in [0.1, 0.15) is 11.2 Å². The molecule has 0 unspecified atom stereocenters. The lowest BCUT2D eigenvalue weighted by molar-refractivity contribution is 0.673. The third-order valence-corrected chi connectivity index (χ3v) is 9.65. The molecule has 0 saturated carbocycles. The van der Waals surface area contributed by atoms with Crippen molar-refractivity contribution < 1.29 is 4.42 Å². The minimum absolute atomic E-state index is 0.682. The Kier molecular flexibility index (Phi) is 6.18. The Hall–Kier alpha value is -6.58. The van der Waals surface area contributed by atoms with Crippen LogP contribution in [0.5, 0.6) is 0 Å². The van der Waals surface area contributed by atoms with E-state index in [1.807, 2.05) is 18.2 Å². The Labute approximate surface area is 282 Å². The summed E-state index contributed by atoms with van der Waals surface area (Å²) in [5, 5.41) is 7.76. The Balaban J connectivity index is 1.16. The average Bonchev–Trinajstić information content (AvgIpc) is 3.57. The number of fused-ring (bicyclic) bond motifs is 7. The molecule has 0 spiro atoms. The van der Waals surface area contributed by atoms with Crippen molar-refractivity contribution in [3.8, 4) is 44.9 Å². The Bertz CT molecular complexity index is 2870. The molecule has 0 radical (unpaired) electrons. The largest absolute Gasteiger partial charge is 0.455 e. The summed E-state index contributed by atoms with van der Waals surface area (Å²) >= 11 is 0. The molecule has 0 atom stereocenters. The van der Waals surface area contributed by atoms with Crippen LogP contribution in [0.2, 0.25) is 0 Å². The van der Waals surface area contributed by atoms with Crippen molar-refractivity contribution in [2.75, 3.05) is 0 Å². The summed E-state index contributed by atoms with van der Waals surface area (Å²) in [6, 6.07) is 59.7. The number of hydrogen-bond acceptors (Lipinski definition) is 3. The molecule has 228 valence electrons. The summed E-state index contributed by atoms with van der Waals surface area (Å²) < 4.78 is 6.68. The van der Waals surface area contributed by atoms with Gasteiger partial charge in [-0.1, -0.05) is 140 Å². The second-order valence-electron chi connectivity index (χ2n) is 12.6. The molecule has 0 amide bonds. The van der Waals surface area contributed by atoms with E-state index in [2.05, 4.69) is 152 Å². The molecule has 0 aliphatic heterocycles. The van der Waals surface area contributed by atoms with Crippen molar-refractivity contribution in [3.05, 3.63) is 170 Å². The second kappa shape index (κ2) is 11.0. The Morgan fingerprint density at radius 3 is 1.84 bits per heavy atom. The second-order valence-corrected chi connectivity index (χ2v) is 12.6. The van der Waals surface area contributed by atoms with E-state index < -0.39 is 0 Å². The number of benzene rings is 8. The summed E-state index contributed by atoms with van der Waals surface area (Å²) in [5.41, 5.74) is 10.2. The first-order chi connectivity index (χ1) is 24.3. The van der Waals surface area contributed by atoms with E-state index in [1.165, 1.54) is 21.9 Å². The van der Waals surface area contributed by atoms with Crippen molar-refractivity contribution in [1.29, 1.82) is 0 Å². The first-order valence-corrected chi connectivity index (χ1v) is 16.6. The van der Waals surface area contributed by atoms with Crippen molar-refractivity contribution >= 4 is 54.4 Å². The molecule has 2 heterocycles. The van der Waals surface area contributed by atoms with Crippen LogP contribution in [0.25, 0.3) is 99.3 Å². The van der Waals surface area contributed by atoms with E-state index in [1.54, 1.807) is 0 Å². The first-order valence-electron chi connectivity index (χ1n) is 16.6. The van der Waals surface area contributed by atoms with Gasteiger partial charge in [-0.3, -0.25) is 0 Å². The SMILES string of the molecule is c1ccc(-c2nc(-c3cc4ccccc4c4oc5ccc(-c6ccc(-c7ccc8ccccc8c7)cc6)cc5c34)nc3ccccc23)cc1. The van der Waals surface area contributed by atoms with Gasteiger partial charge in [-0.25, -0.2) is 9.97 Å². The first kappa shape index (κ1) is 27.5. The molecule has 3 heteroatoms. The molecule has 0 bridgehead atoms. The predicted octanol–water partition coefficient (Wildman–Crippen LogP) is 12.5. The molecule has 0 fully saturated rings. The zero-order chi connectivity index (χ0) is 32.3. The summed E-state index contributed by atoms with van der Waals surface area (Å²) in [4.78, 5) is 10.4. The van der Waals surface area contributed by atoms with Gasteiger partial charge in [0.05, 0.1) is 11.2 Å². The van der Waals surface area contributed by atoms with Crippen LogP contribution in [0, 0.1) is 0 Å². The van der Waals surface area contributed by atoms with Gasteiger partial charge in [-0.2, -0.15) is 0 Å². The molecule has 10 rings (SSSR count). The molecular formula is C46H28N2O. The van der Waals surface area contributed by atoms with Gasteiger partial charge in [0, 0.05) is 32.7 Å². The van der Waals surface area contributed by atoms with Gasteiger partial charge >= 0.3 is 0 Å². The van der Waals surface area contributed by atoms with Crippen LogP contribution < -0.4 is 0 Å². The number of para-hydroxylation sites is 1. The van der Waals surface area contributed by atoms with Crippen LogP contribution in [0.4, 0.5) is 0 Å². The lowest BCUT2D eigenvalue weighted by Gasteiger charge is -2.11. The van der Waals surface area contributed by atoms with Gasteiger partial charge in [0.25, 0.3) is 0 Å². The van der Waals surface area contributed by atoms with Crippen molar-refractivity contribution in [2.45, 2.75) is 0 Å². The number of aromatic nitrogens is 2. The van der Waals surface area contributed by atoms with E-state index in [4.69, 9.17) is 14.4 Å². The summed E-state index contributed by atoms with van der Waals surface area (Å²) in [6.07, 6.45) is 0. The molecular weight excluding hydrogens is 597 g/mol. The molecule has 0 aliphatic rings. The highest BCUT2D eigenvalue weighted by Gasteiger charge is 2.20. The van der Waals surface area contributed by atoms with E-state index in [-0.39, 0.29) is 0 Å². The average molecular weight is 625 g/mol. The van der Waals surface area contributed by atoms with E-state index in [0.29, 0.717) is 5.82 Å². The van der Waals surface area contributed by atoms with Crippen molar-refractivity contribution in [1.82, 2.24) is 9.97 Å². The highest BCUT2D eigenvalue weighted by molar-refractivity contribution is 6.21. The summed E-state index contributed by atoms with van der Waals surface area (Å²) in [5.74, 6) is 0.682. The van der Waals surface area contributed by atoms with Crippen molar-refractivity contribution in [3.63, 3.8) is 0 Å². The van der Waals surface area contributed by atoms with Gasteiger partial charge in [0.2, 0.25) is 0 Å². The Morgan fingerprint density at radius 2 is 1.02 bits per heavy atom. The number of hydrogen-bond donors (Lipinski definition) is 0. The lowest BCUT2D eigenvalue weighted by Crippen LogP contribution is -1.96. The molecule has 0 aliphatic carbocycles. The predicted molar refractivity (Wildman–Crippen MR) is 204 cm³/mol. The zero-order valence-electron chi connectivity index (χ0n) is 26.5. The van der Waals surface area contributed by atoms with E-state index in [9.17, 15) is 0 Å². The van der Waals surface area contributed by atoms with Crippen molar-refractivity contribution in [2.24, 2.45) is 0 Å². The Morgan fingerprint density at radius 1 is 0.388 bits per heavy atom. The number of nitrogens with zero attached hydrogens (tertiary/aromatic N) is 2. The molecule has 0 saturated heterocycles. The highest BCUT2D eigenvalue weighted by atomic mass is 16.3. The maximum absolute atomic E-state index is 6.68. The van der Waals surface area contributed by atoms with Crippen LogP contribution in [0.15, 0.2) is 174 Å². The minimum atomic E-state index is 0.682. The number of rotatable bonds is 4. The fourth-order valence-corrected chi connectivity index (χ4v) is 7.21. The van der Waals surface area contributed by atoms with Crippen LogP contribution in [-0.4, -0.2) is 9.97 Å². The van der Waals surface area contributed by atoms with Gasteiger partial charge in [-0.05, 0) is 68.7 Å². The molecule has 49 heavy (non-hydrogen) atoms. The van der Waals surface area contributed by atoms with E-state index in [0.717, 1.165) is 71.6 Å². The maximum atomic E-state index is 6.68. The van der Waals surface area contributed by atoms with Crippen LogP contribution in [0.3, 0.4) is 0 Å². The fraction of sp³-hybridized carbons (Fsp3) is 0. The fourth-order valence-electron chi connectivity index (χ4n) is 7.21. The zero-order valence-corrected chi connectivity index (χ0v) is 26.5. The van der Waals surface area contributed by atoms with Crippen LogP contribution in [0.1, 0.15) is 0 Å². The van der Waals surface area contributed by atoms with Gasteiger partial charge in [-0.15, -0.1) is 0 Å². The molecule has 2 aromatic heterocycles. The highest BCUT2D eigenvalue weighted by Crippen LogP contribution is 2.42.